The standard InChI is InChI=1S/C17H12N4O2S2/c1-10-8-14(13-6-7-19-23-13)24-16(10)11-2-4-12(5-3-11)20-17(22)15-9-18-21-25-15/h2-9H,1H3,(H,20,22). The van der Waals surface area contributed by atoms with Gasteiger partial charge in [0.2, 0.25) is 0 Å². The van der Waals surface area contributed by atoms with Gasteiger partial charge in [0, 0.05) is 16.6 Å². The lowest BCUT2D eigenvalue weighted by molar-refractivity contribution is 0.103. The molecule has 0 aliphatic carbocycles. The van der Waals surface area contributed by atoms with E-state index in [1.807, 2.05) is 30.3 Å². The van der Waals surface area contributed by atoms with Crippen molar-refractivity contribution >= 4 is 34.5 Å². The number of hydrogen-bond donors (Lipinski definition) is 1. The molecule has 4 aromatic rings. The minimum absolute atomic E-state index is 0.206. The van der Waals surface area contributed by atoms with Gasteiger partial charge in [0.05, 0.1) is 17.3 Å². The number of thiophene rings is 1. The number of amides is 1. The van der Waals surface area contributed by atoms with Gasteiger partial charge >= 0.3 is 0 Å². The Morgan fingerprint density at radius 2 is 2.04 bits per heavy atom. The second-order valence-corrected chi connectivity index (χ2v) is 7.15. The lowest BCUT2D eigenvalue weighted by Crippen LogP contribution is -2.09. The molecule has 0 saturated carbocycles. The maximum Gasteiger partial charge on any atom is 0.269 e. The number of benzene rings is 1. The molecule has 0 bridgehead atoms. The summed E-state index contributed by atoms with van der Waals surface area (Å²) in [5, 5.41) is 10.3. The van der Waals surface area contributed by atoms with Gasteiger partial charge < -0.3 is 9.84 Å². The largest absolute Gasteiger partial charge is 0.355 e. The minimum Gasteiger partial charge on any atom is -0.355 e. The number of anilines is 1. The minimum atomic E-state index is -0.206. The van der Waals surface area contributed by atoms with Gasteiger partial charge in [-0.15, -0.1) is 16.4 Å². The molecular weight excluding hydrogens is 356 g/mol. The average Bonchev–Trinajstić information content (AvgIpc) is 3.37. The second kappa shape index (κ2) is 6.58. The van der Waals surface area contributed by atoms with Gasteiger partial charge in [-0.3, -0.25) is 4.79 Å². The molecule has 0 radical (unpaired) electrons. The Morgan fingerprint density at radius 1 is 1.20 bits per heavy atom. The first-order chi connectivity index (χ1) is 12.2. The van der Waals surface area contributed by atoms with Crippen molar-refractivity contribution in [2.75, 3.05) is 5.32 Å². The van der Waals surface area contributed by atoms with Crippen LogP contribution >= 0.6 is 22.9 Å². The molecular formula is C17H12N4O2S2. The molecule has 8 heteroatoms. The van der Waals surface area contributed by atoms with Crippen molar-refractivity contribution < 1.29 is 9.32 Å². The summed E-state index contributed by atoms with van der Waals surface area (Å²) >= 11 is 2.72. The van der Waals surface area contributed by atoms with E-state index in [0.29, 0.717) is 4.88 Å². The van der Waals surface area contributed by atoms with E-state index in [1.54, 1.807) is 17.5 Å². The summed E-state index contributed by atoms with van der Waals surface area (Å²) in [4.78, 5) is 14.7. The predicted octanol–water partition coefficient (Wildman–Crippen LogP) is 4.48. The summed E-state index contributed by atoms with van der Waals surface area (Å²) in [5.74, 6) is 0.559. The summed E-state index contributed by atoms with van der Waals surface area (Å²) < 4.78 is 8.92. The molecule has 6 nitrogen and oxygen atoms in total. The van der Waals surface area contributed by atoms with E-state index < -0.39 is 0 Å². The molecule has 0 spiro atoms. The number of rotatable bonds is 4. The Kier molecular flexibility index (Phi) is 4.12. The van der Waals surface area contributed by atoms with Gasteiger partial charge in [-0.25, -0.2) is 0 Å². The zero-order valence-corrected chi connectivity index (χ0v) is 14.7. The van der Waals surface area contributed by atoms with E-state index in [9.17, 15) is 4.79 Å². The number of aromatic nitrogens is 3. The highest BCUT2D eigenvalue weighted by Crippen LogP contribution is 2.38. The number of hydrogen-bond acceptors (Lipinski definition) is 7. The van der Waals surface area contributed by atoms with Crippen LogP contribution in [0.5, 0.6) is 0 Å². The third kappa shape index (κ3) is 3.21. The van der Waals surface area contributed by atoms with Crippen molar-refractivity contribution in [3.8, 4) is 21.1 Å². The maximum atomic E-state index is 12.0. The van der Waals surface area contributed by atoms with Crippen molar-refractivity contribution in [1.82, 2.24) is 14.7 Å². The SMILES string of the molecule is Cc1cc(-c2ccno2)sc1-c1ccc(NC(=O)c2cnns2)cc1. The normalized spacial score (nSPS) is 10.8. The molecule has 0 atom stereocenters. The molecule has 4 rings (SSSR count). The molecule has 0 fully saturated rings. The summed E-state index contributed by atoms with van der Waals surface area (Å²) in [5.41, 5.74) is 2.99. The Labute approximate surface area is 151 Å². The fourth-order valence-corrected chi connectivity index (χ4v) is 3.94. The smallest absolute Gasteiger partial charge is 0.269 e. The van der Waals surface area contributed by atoms with Crippen LogP contribution in [-0.2, 0) is 0 Å². The molecule has 1 aromatic carbocycles. The second-order valence-electron chi connectivity index (χ2n) is 5.31. The van der Waals surface area contributed by atoms with Gasteiger partial charge in [-0.1, -0.05) is 21.8 Å². The molecule has 0 aliphatic rings. The highest BCUT2D eigenvalue weighted by atomic mass is 32.1. The number of aryl methyl sites for hydroxylation is 1. The Bertz CT molecular complexity index is 990. The fraction of sp³-hybridized carbons (Fsp3) is 0.0588. The van der Waals surface area contributed by atoms with Crippen LogP contribution in [0, 0.1) is 6.92 Å². The molecule has 3 heterocycles. The topological polar surface area (TPSA) is 80.9 Å². The Hall–Kier alpha value is -2.84. The number of carbonyl (C=O) groups excluding carboxylic acids is 1. The Morgan fingerprint density at radius 3 is 2.72 bits per heavy atom. The first-order valence-corrected chi connectivity index (χ1v) is 9.00. The fourth-order valence-electron chi connectivity index (χ4n) is 2.40. The molecule has 1 amide bonds. The number of nitrogens with zero attached hydrogens (tertiary/aromatic N) is 3. The van der Waals surface area contributed by atoms with Gasteiger partial charge in [0.25, 0.3) is 5.91 Å². The van der Waals surface area contributed by atoms with E-state index in [2.05, 4.69) is 33.1 Å². The van der Waals surface area contributed by atoms with E-state index in [1.165, 1.54) is 11.8 Å². The average molecular weight is 368 g/mol. The van der Waals surface area contributed by atoms with Crippen molar-refractivity contribution in [3.63, 3.8) is 0 Å². The lowest BCUT2D eigenvalue weighted by atomic mass is 10.1. The highest BCUT2D eigenvalue weighted by Gasteiger charge is 2.13. The molecule has 3 aromatic heterocycles. The van der Waals surface area contributed by atoms with Gasteiger partial charge in [0.1, 0.15) is 4.88 Å². The van der Waals surface area contributed by atoms with E-state index in [0.717, 1.165) is 38.3 Å². The molecule has 0 unspecified atom stereocenters. The third-order valence-corrected chi connectivity index (χ3v) is 5.55. The Balaban J connectivity index is 1.55. The van der Waals surface area contributed by atoms with Crippen LogP contribution in [-0.4, -0.2) is 20.7 Å². The number of carbonyl (C=O) groups is 1. The van der Waals surface area contributed by atoms with Crippen LogP contribution in [0.1, 0.15) is 15.2 Å². The first kappa shape index (κ1) is 15.7. The first-order valence-electron chi connectivity index (χ1n) is 7.41. The van der Waals surface area contributed by atoms with Crippen molar-refractivity contribution in [2.45, 2.75) is 6.92 Å². The highest BCUT2D eigenvalue weighted by molar-refractivity contribution is 7.19. The van der Waals surface area contributed by atoms with Crippen molar-refractivity contribution in [2.24, 2.45) is 0 Å². The van der Waals surface area contributed by atoms with Crippen LogP contribution in [0.25, 0.3) is 21.1 Å². The quantitative estimate of drug-likeness (QED) is 0.574. The van der Waals surface area contributed by atoms with Crippen LogP contribution < -0.4 is 5.32 Å². The van der Waals surface area contributed by atoms with Gasteiger partial charge in [-0.2, -0.15) is 0 Å². The van der Waals surface area contributed by atoms with E-state index in [4.69, 9.17) is 4.52 Å². The van der Waals surface area contributed by atoms with Gasteiger partial charge in [-0.05, 0) is 47.8 Å². The zero-order valence-electron chi connectivity index (χ0n) is 13.1. The summed E-state index contributed by atoms with van der Waals surface area (Å²) in [6.45, 7) is 2.07. The predicted molar refractivity (Wildman–Crippen MR) is 97.9 cm³/mol. The molecule has 124 valence electrons. The van der Waals surface area contributed by atoms with Crippen molar-refractivity contribution in [1.29, 1.82) is 0 Å². The molecule has 0 saturated heterocycles. The summed E-state index contributed by atoms with van der Waals surface area (Å²) in [6, 6.07) is 11.7. The third-order valence-electron chi connectivity index (χ3n) is 3.59. The van der Waals surface area contributed by atoms with Crippen LogP contribution in [0.15, 0.2) is 53.3 Å². The van der Waals surface area contributed by atoms with Crippen LogP contribution in [0.4, 0.5) is 5.69 Å². The molecule has 1 N–H and O–H groups in total. The zero-order chi connectivity index (χ0) is 17.2. The monoisotopic (exact) mass is 368 g/mol. The van der Waals surface area contributed by atoms with Crippen LogP contribution in [0.3, 0.4) is 0 Å². The van der Waals surface area contributed by atoms with Crippen molar-refractivity contribution in [3.05, 3.63) is 59.2 Å². The van der Waals surface area contributed by atoms with Gasteiger partial charge in [0.15, 0.2) is 5.76 Å². The lowest BCUT2D eigenvalue weighted by Gasteiger charge is -2.05. The maximum absolute atomic E-state index is 12.0. The summed E-state index contributed by atoms with van der Waals surface area (Å²) in [6.07, 6.45) is 3.09. The van der Waals surface area contributed by atoms with E-state index in [-0.39, 0.29) is 5.91 Å². The molecule has 0 aliphatic heterocycles. The number of nitrogens with one attached hydrogen (secondary N) is 1. The van der Waals surface area contributed by atoms with Crippen LogP contribution in [0.2, 0.25) is 0 Å². The molecule has 25 heavy (non-hydrogen) atoms. The van der Waals surface area contributed by atoms with E-state index >= 15 is 0 Å². The summed E-state index contributed by atoms with van der Waals surface area (Å²) in [7, 11) is 0.